The minimum Gasteiger partial charge on any atom is -0.436 e. The molecular formula is C23H18ClN3O2S. The number of nitrogens with zero attached hydrogens (tertiary/aromatic N) is 1. The van der Waals surface area contributed by atoms with Gasteiger partial charge in [-0.1, -0.05) is 35.4 Å². The molecule has 3 aromatic carbocycles. The molecule has 1 amide bonds. The van der Waals surface area contributed by atoms with Crippen molar-refractivity contribution < 1.29 is 9.21 Å². The topological polar surface area (TPSA) is 67.2 Å². The molecule has 0 aliphatic heterocycles. The van der Waals surface area contributed by atoms with Crippen molar-refractivity contribution in [1.82, 2.24) is 10.3 Å². The standard InChI is InChI=1S/C23H18ClN3O2S/c1-13-6-8-18(14(2)10-13)21(28)27-23(30)25-17-5-3-4-15(11-17)22-26-19-12-16(24)7-9-20(19)29-22/h3-12H,1-2H3,(H2,25,27,28,30). The second-order valence-electron chi connectivity index (χ2n) is 6.94. The van der Waals surface area contributed by atoms with E-state index < -0.39 is 0 Å². The summed E-state index contributed by atoms with van der Waals surface area (Å²) in [5.74, 6) is 0.220. The van der Waals surface area contributed by atoms with Crippen LogP contribution in [-0.4, -0.2) is 16.0 Å². The first-order valence-electron chi connectivity index (χ1n) is 9.25. The van der Waals surface area contributed by atoms with Gasteiger partial charge in [0.25, 0.3) is 5.91 Å². The van der Waals surface area contributed by atoms with Gasteiger partial charge in [-0.3, -0.25) is 10.1 Å². The predicted octanol–water partition coefficient (Wildman–Crippen LogP) is 5.89. The van der Waals surface area contributed by atoms with Crippen LogP contribution >= 0.6 is 23.8 Å². The quantitative estimate of drug-likeness (QED) is 0.392. The van der Waals surface area contributed by atoms with Crippen LogP contribution in [0.15, 0.2) is 65.1 Å². The molecule has 0 atom stereocenters. The first-order chi connectivity index (χ1) is 14.4. The Morgan fingerprint density at radius 3 is 2.70 bits per heavy atom. The fourth-order valence-electron chi connectivity index (χ4n) is 3.16. The molecular weight excluding hydrogens is 418 g/mol. The summed E-state index contributed by atoms with van der Waals surface area (Å²) in [7, 11) is 0. The van der Waals surface area contributed by atoms with Gasteiger partial charge in [0.05, 0.1) is 0 Å². The van der Waals surface area contributed by atoms with Crippen molar-refractivity contribution >= 4 is 51.6 Å². The average Bonchev–Trinajstić information content (AvgIpc) is 3.11. The van der Waals surface area contributed by atoms with Gasteiger partial charge in [0, 0.05) is 21.8 Å². The van der Waals surface area contributed by atoms with Gasteiger partial charge < -0.3 is 9.73 Å². The summed E-state index contributed by atoms with van der Waals surface area (Å²) in [6.07, 6.45) is 0. The molecule has 0 unspecified atom stereocenters. The molecule has 5 nitrogen and oxygen atoms in total. The molecule has 0 spiro atoms. The van der Waals surface area contributed by atoms with Gasteiger partial charge in [0.2, 0.25) is 5.89 Å². The number of amides is 1. The number of hydrogen-bond acceptors (Lipinski definition) is 4. The maximum atomic E-state index is 12.5. The van der Waals surface area contributed by atoms with Gasteiger partial charge in [0.15, 0.2) is 10.7 Å². The third-order valence-electron chi connectivity index (χ3n) is 4.57. The molecule has 30 heavy (non-hydrogen) atoms. The second-order valence-corrected chi connectivity index (χ2v) is 7.78. The Hall–Kier alpha value is -3.22. The van der Waals surface area contributed by atoms with E-state index in [0.29, 0.717) is 33.3 Å². The molecule has 1 aromatic heterocycles. The Balaban J connectivity index is 1.49. The van der Waals surface area contributed by atoms with Crippen molar-refractivity contribution in [2.24, 2.45) is 0 Å². The normalized spacial score (nSPS) is 10.8. The van der Waals surface area contributed by atoms with Crippen molar-refractivity contribution in [3.8, 4) is 11.5 Å². The molecule has 0 saturated carbocycles. The number of anilines is 1. The molecule has 4 rings (SSSR count). The minimum atomic E-state index is -0.253. The Kier molecular flexibility index (Phi) is 5.53. The lowest BCUT2D eigenvalue weighted by molar-refractivity contribution is 0.0977. The summed E-state index contributed by atoms with van der Waals surface area (Å²) in [4.78, 5) is 17.0. The molecule has 0 aliphatic rings. The number of oxazole rings is 1. The number of thiocarbonyl (C=S) groups is 1. The smallest absolute Gasteiger partial charge is 0.257 e. The van der Waals surface area contributed by atoms with Gasteiger partial charge in [0.1, 0.15) is 5.52 Å². The van der Waals surface area contributed by atoms with Crippen LogP contribution < -0.4 is 10.6 Å². The number of carbonyl (C=O) groups is 1. The summed E-state index contributed by atoms with van der Waals surface area (Å²) in [5.41, 5.74) is 5.41. The van der Waals surface area contributed by atoms with Gasteiger partial charge in [-0.2, -0.15) is 0 Å². The van der Waals surface area contributed by atoms with Gasteiger partial charge in [-0.05, 0) is 74.1 Å². The van der Waals surface area contributed by atoms with E-state index in [-0.39, 0.29) is 11.0 Å². The lowest BCUT2D eigenvalue weighted by atomic mass is 10.1. The van der Waals surface area contributed by atoms with Gasteiger partial charge in [-0.15, -0.1) is 0 Å². The SMILES string of the molecule is Cc1ccc(C(=O)NC(=S)Nc2cccc(-c3nc4cc(Cl)ccc4o3)c2)c(C)c1. The number of aromatic nitrogens is 1. The van der Waals surface area contributed by atoms with Gasteiger partial charge in [-0.25, -0.2) is 4.98 Å². The van der Waals surface area contributed by atoms with Crippen LogP contribution in [-0.2, 0) is 0 Å². The lowest BCUT2D eigenvalue weighted by Gasteiger charge is -2.11. The van der Waals surface area contributed by atoms with Crippen molar-refractivity contribution in [2.75, 3.05) is 5.32 Å². The molecule has 0 saturated heterocycles. The molecule has 0 fully saturated rings. The number of hydrogen-bond donors (Lipinski definition) is 2. The zero-order chi connectivity index (χ0) is 21.3. The van der Waals surface area contributed by atoms with E-state index in [2.05, 4.69) is 15.6 Å². The monoisotopic (exact) mass is 435 g/mol. The first kappa shape index (κ1) is 20.1. The van der Waals surface area contributed by atoms with E-state index in [0.717, 1.165) is 16.7 Å². The molecule has 4 aromatic rings. The van der Waals surface area contributed by atoms with E-state index in [4.69, 9.17) is 28.2 Å². The van der Waals surface area contributed by atoms with Crippen LogP contribution in [0, 0.1) is 13.8 Å². The maximum Gasteiger partial charge on any atom is 0.257 e. The number of nitrogens with one attached hydrogen (secondary N) is 2. The number of fused-ring (bicyclic) bond motifs is 1. The summed E-state index contributed by atoms with van der Waals surface area (Å²) in [6, 6.07) is 18.4. The number of aryl methyl sites for hydroxylation is 2. The number of benzene rings is 3. The zero-order valence-electron chi connectivity index (χ0n) is 16.3. The Bertz CT molecular complexity index is 1280. The summed E-state index contributed by atoms with van der Waals surface area (Å²) in [5, 5.41) is 6.56. The summed E-state index contributed by atoms with van der Waals surface area (Å²) < 4.78 is 5.81. The van der Waals surface area contributed by atoms with Crippen LogP contribution in [0.25, 0.3) is 22.6 Å². The average molecular weight is 436 g/mol. The van der Waals surface area contributed by atoms with Crippen molar-refractivity contribution in [1.29, 1.82) is 0 Å². The highest BCUT2D eigenvalue weighted by molar-refractivity contribution is 7.80. The Morgan fingerprint density at radius 2 is 1.90 bits per heavy atom. The molecule has 0 bridgehead atoms. The molecule has 0 aliphatic carbocycles. The first-order valence-corrected chi connectivity index (χ1v) is 10.0. The highest BCUT2D eigenvalue weighted by atomic mass is 35.5. The van der Waals surface area contributed by atoms with Crippen LogP contribution in [0.2, 0.25) is 5.02 Å². The van der Waals surface area contributed by atoms with Gasteiger partial charge >= 0.3 is 0 Å². The number of halogens is 1. The summed E-state index contributed by atoms with van der Waals surface area (Å²) >= 11 is 11.3. The number of carbonyl (C=O) groups excluding carboxylic acids is 1. The highest BCUT2D eigenvalue weighted by Crippen LogP contribution is 2.27. The molecule has 1 heterocycles. The minimum absolute atomic E-state index is 0.210. The van der Waals surface area contributed by atoms with Crippen LogP contribution in [0.1, 0.15) is 21.5 Å². The zero-order valence-corrected chi connectivity index (χ0v) is 17.9. The fourth-order valence-corrected chi connectivity index (χ4v) is 3.53. The lowest BCUT2D eigenvalue weighted by Crippen LogP contribution is -2.34. The van der Waals surface area contributed by atoms with E-state index in [1.165, 1.54) is 0 Å². The van der Waals surface area contributed by atoms with Crippen molar-refractivity contribution in [2.45, 2.75) is 13.8 Å². The molecule has 150 valence electrons. The third kappa shape index (κ3) is 4.35. The van der Waals surface area contributed by atoms with E-state index >= 15 is 0 Å². The molecule has 0 radical (unpaired) electrons. The highest BCUT2D eigenvalue weighted by Gasteiger charge is 2.12. The summed E-state index contributed by atoms with van der Waals surface area (Å²) in [6.45, 7) is 3.88. The Morgan fingerprint density at radius 1 is 1.07 bits per heavy atom. The third-order valence-corrected chi connectivity index (χ3v) is 5.01. The van der Waals surface area contributed by atoms with Crippen molar-refractivity contribution in [3.05, 3.63) is 82.4 Å². The Labute approximate surface area is 184 Å². The fraction of sp³-hybridized carbons (Fsp3) is 0.0870. The van der Waals surface area contributed by atoms with Crippen LogP contribution in [0.5, 0.6) is 0 Å². The predicted molar refractivity (Wildman–Crippen MR) is 124 cm³/mol. The van der Waals surface area contributed by atoms with E-state index in [9.17, 15) is 4.79 Å². The number of rotatable bonds is 3. The van der Waals surface area contributed by atoms with E-state index in [1.807, 2.05) is 50.2 Å². The van der Waals surface area contributed by atoms with Crippen molar-refractivity contribution in [3.63, 3.8) is 0 Å². The van der Waals surface area contributed by atoms with Crippen LogP contribution in [0.4, 0.5) is 5.69 Å². The second kappa shape index (κ2) is 8.26. The largest absolute Gasteiger partial charge is 0.436 e. The maximum absolute atomic E-state index is 12.5. The molecule has 2 N–H and O–H groups in total. The molecule has 7 heteroatoms. The van der Waals surface area contributed by atoms with Crippen LogP contribution in [0.3, 0.4) is 0 Å². The van der Waals surface area contributed by atoms with E-state index in [1.54, 1.807) is 24.3 Å².